The molecule has 2 rings (SSSR count). The van der Waals surface area contributed by atoms with E-state index in [4.69, 9.17) is 14.7 Å². The summed E-state index contributed by atoms with van der Waals surface area (Å²) in [5, 5.41) is 11.7. The van der Waals surface area contributed by atoms with Gasteiger partial charge in [-0.3, -0.25) is 0 Å². The van der Waals surface area contributed by atoms with Crippen molar-refractivity contribution < 1.29 is 14.3 Å². The second kappa shape index (κ2) is 6.73. The number of carbonyl (C=O) groups excluding carboxylic acids is 1. The Hall–Kier alpha value is -2.33. The normalized spacial score (nSPS) is 14.3. The van der Waals surface area contributed by atoms with Crippen LogP contribution >= 0.6 is 0 Å². The summed E-state index contributed by atoms with van der Waals surface area (Å²) in [6.45, 7) is 1.94. The summed E-state index contributed by atoms with van der Waals surface area (Å²) in [5.41, 5.74) is 0.399. The van der Waals surface area contributed by atoms with Crippen molar-refractivity contribution in [3.8, 4) is 11.9 Å². The van der Waals surface area contributed by atoms with Gasteiger partial charge < -0.3 is 19.7 Å². The molecule has 1 N–H and O–H groups in total. The molecule has 2 amide bonds. The number of nitrogens with zero attached hydrogens (tertiary/aromatic N) is 3. The molecule has 0 unspecified atom stereocenters. The molecule has 2 heterocycles. The van der Waals surface area contributed by atoms with Crippen LogP contribution in [0.5, 0.6) is 5.88 Å². The minimum Gasteiger partial charge on any atom is -0.470 e. The number of nitriles is 1. The van der Waals surface area contributed by atoms with Gasteiger partial charge in [0.05, 0.1) is 19.7 Å². The van der Waals surface area contributed by atoms with Gasteiger partial charge in [0.1, 0.15) is 17.7 Å². The highest BCUT2D eigenvalue weighted by atomic mass is 16.5. The molecule has 7 heteroatoms. The van der Waals surface area contributed by atoms with Gasteiger partial charge in [0.15, 0.2) is 0 Å². The minimum atomic E-state index is -0.136. The number of aromatic nitrogens is 1. The van der Waals surface area contributed by atoms with Crippen molar-refractivity contribution in [3.63, 3.8) is 0 Å². The molecule has 1 aliphatic rings. The number of likely N-dealkylation sites (tertiary alicyclic amines) is 1. The van der Waals surface area contributed by atoms with Crippen molar-refractivity contribution in [2.45, 2.75) is 6.10 Å². The Kier molecular flexibility index (Phi) is 4.74. The zero-order chi connectivity index (χ0) is 14.4. The maximum atomic E-state index is 11.7. The molecule has 20 heavy (non-hydrogen) atoms. The highest BCUT2D eigenvalue weighted by Crippen LogP contribution is 2.19. The van der Waals surface area contributed by atoms with Crippen molar-refractivity contribution in [2.75, 3.05) is 33.4 Å². The highest BCUT2D eigenvalue weighted by molar-refractivity contribution is 5.75. The molecule has 1 aromatic rings. The first-order chi connectivity index (χ1) is 9.74. The van der Waals surface area contributed by atoms with Crippen LogP contribution in [0.2, 0.25) is 0 Å². The summed E-state index contributed by atoms with van der Waals surface area (Å²) in [6.07, 6.45) is 1.45. The van der Waals surface area contributed by atoms with E-state index < -0.39 is 0 Å². The maximum absolute atomic E-state index is 11.7. The van der Waals surface area contributed by atoms with Crippen LogP contribution in [0, 0.1) is 11.3 Å². The van der Waals surface area contributed by atoms with Crippen molar-refractivity contribution in [1.82, 2.24) is 15.2 Å². The quantitative estimate of drug-likeness (QED) is 0.785. The zero-order valence-electron chi connectivity index (χ0n) is 11.2. The van der Waals surface area contributed by atoms with E-state index in [-0.39, 0.29) is 12.1 Å². The van der Waals surface area contributed by atoms with Crippen LogP contribution in [0.15, 0.2) is 18.3 Å². The monoisotopic (exact) mass is 276 g/mol. The Labute approximate surface area is 117 Å². The first-order valence-electron chi connectivity index (χ1n) is 6.28. The van der Waals surface area contributed by atoms with Crippen LogP contribution in [-0.4, -0.2) is 55.4 Å². The third kappa shape index (κ3) is 3.36. The van der Waals surface area contributed by atoms with Gasteiger partial charge in [-0.15, -0.1) is 0 Å². The molecule has 0 saturated carbocycles. The fourth-order valence-electron chi connectivity index (χ4n) is 1.78. The van der Waals surface area contributed by atoms with Gasteiger partial charge in [-0.05, 0) is 12.1 Å². The lowest BCUT2D eigenvalue weighted by Gasteiger charge is -2.38. The molecule has 0 atom stereocenters. The van der Waals surface area contributed by atoms with Gasteiger partial charge in [-0.25, -0.2) is 9.78 Å². The van der Waals surface area contributed by atoms with Gasteiger partial charge in [0.25, 0.3) is 0 Å². The topological polar surface area (TPSA) is 87.5 Å². The molecule has 1 saturated heterocycles. The lowest BCUT2D eigenvalue weighted by molar-refractivity contribution is 0.0406. The number of hydrogen-bond acceptors (Lipinski definition) is 5. The number of urea groups is 1. The lowest BCUT2D eigenvalue weighted by Crippen LogP contribution is -2.59. The molecule has 1 fully saturated rings. The number of ether oxygens (including phenoxy) is 2. The lowest BCUT2D eigenvalue weighted by atomic mass is 10.2. The molecule has 0 aliphatic carbocycles. The van der Waals surface area contributed by atoms with Gasteiger partial charge in [-0.2, -0.15) is 5.26 Å². The number of pyridine rings is 1. The third-order valence-corrected chi connectivity index (χ3v) is 2.89. The van der Waals surface area contributed by atoms with Crippen molar-refractivity contribution in [3.05, 3.63) is 23.9 Å². The molecule has 7 nitrogen and oxygen atoms in total. The average molecular weight is 276 g/mol. The highest BCUT2D eigenvalue weighted by Gasteiger charge is 2.32. The minimum absolute atomic E-state index is 0.120. The fraction of sp³-hybridized carbons (Fsp3) is 0.462. The van der Waals surface area contributed by atoms with E-state index in [2.05, 4.69) is 10.3 Å². The fourth-order valence-corrected chi connectivity index (χ4v) is 1.78. The summed E-state index contributed by atoms with van der Waals surface area (Å²) in [7, 11) is 1.58. The van der Waals surface area contributed by atoms with E-state index in [1.165, 1.54) is 0 Å². The first-order valence-corrected chi connectivity index (χ1v) is 6.28. The molecule has 0 aromatic carbocycles. The molecular weight excluding hydrogens is 260 g/mol. The molecular formula is C13H16N4O3. The molecule has 1 aromatic heterocycles. The predicted octanol–water partition coefficient (Wildman–Crippen LogP) is 0.372. The number of hydrogen-bond donors (Lipinski definition) is 1. The average Bonchev–Trinajstić information content (AvgIpc) is 2.42. The molecule has 0 spiro atoms. The van der Waals surface area contributed by atoms with E-state index in [0.29, 0.717) is 37.7 Å². The number of carbonyl (C=O) groups is 1. The van der Waals surface area contributed by atoms with E-state index in [0.717, 1.165) is 0 Å². The maximum Gasteiger partial charge on any atom is 0.317 e. The van der Waals surface area contributed by atoms with Crippen LogP contribution in [0.4, 0.5) is 4.79 Å². The van der Waals surface area contributed by atoms with Crippen LogP contribution in [-0.2, 0) is 4.74 Å². The summed E-state index contributed by atoms with van der Waals surface area (Å²) >= 11 is 0. The molecule has 106 valence electrons. The second-order valence-electron chi connectivity index (χ2n) is 4.34. The standard InChI is InChI=1S/C13H16N4O3/c1-19-6-5-16-13(18)17-8-11(9-17)20-12-10(7-14)3-2-4-15-12/h2-4,11H,5-6,8-9H2,1H3,(H,16,18). The Morgan fingerprint density at radius 1 is 1.65 bits per heavy atom. The SMILES string of the molecule is COCCNC(=O)N1CC(Oc2ncccc2C#N)C1. The van der Waals surface area contributed by atoms with Crippen LogP contribution < -0.4 is 10.1 Å². The molecule has 0 bridgehead atoms. The Morgan fingerprint density at radius 3 is 3.15 bits per heavy atom. The van der Waals surface area contributed by atoms with E-state index in [1.807, 2.05) is 6.07 Å². The number of amides is 2. The number of methoxy groups -OCH3 is 1. The Balaban J connectivity index is 1.77. The molecule has 0 radical (unpaired) electrons. The van der Waals surface area contributed by atoms with Gasteiger partial charge in [0.2, 0.25) is 5.88 Å². The van der Waals surface area contributed by atoms with Crippen molar-refractivity contribution in [2.24, 2.45) is 0 Å². The predicted molar refractivity (Wildman–Crippen MR) is 70.2 cm³/mol. The number of nitrogens with one attached hydrogen (secondary N) is 1. The third-order valence-electron chi connectivity index (χ3n) is 2.89. The van der Waals surface area contributed by atoms with Crippen molar-refractivity contribution in [1.29, 1.82) is 5.26 Å². The first kappa shape index (κ1) is 14.1. The summed E-state index contributed by atoms with van der Waals surface area (Å²) in [4.78, 5) is 17.3. The van der Waals surface area contributed by atoms with Crippen LogP contribution in [0.3, 0.4) is 0 Å². The smallest absolute Gasteiger partial charge is 0.317 e. The summed E-state index contributed by atoms with van der Waals surface area (Å²) in [6, 6.07) is 5.22. The summed E-state index contributed by atoms with van der Waals surface area (Å²) in [5.74, 6) is 0.319. The molecule has 1 aliphatic heterocycles. The Morgan fingerprint density at radius 2 is 2.45 bits per heavy atom. The van der Waals surface area contributed by atoms with Crippen LogP contribution in [0.25, 0.3) is 0 Å². The summed E-state index contributed by atoms with van der Waals surface area (Å²) < 4.78 is 10.5. The van der Waals surface area contributed by atoms with Crippen LogP contribution in [0.1, 0.15) is 5.56 Å². The largest absolute Gasteiger partial charge is 0.470 e. The van der Waals surface area contributed by atoms with Gasteiger partial charge in [0, 0.05) is 19.9 Å². The van der Waals surface area contributed by atoms with Gasteiger partial charge in [-0.1, -0.05) is 0 Å². The van der Waals surface area contributed by atoms with E-state index in [9.17, 15) is 4.79 Å². The van der Waals surface area contributed by atoms with E-state index >= 15 is 0 Å². The van der Waals surface area contributed by atoms with Gasteiger partial charge >= 0.3 is 6.03 Å². The second-order valence-corrected chi connectivity index (χ2v) is 4.34. The Bertz CT molecular complexity index is 509. The zero-order valence-corrected chi connectivity index (χ0v) is 11.2. The van der Waals surface area contributed by atoms with E-state index in [1.54, 1.807) is 30.3 Å². The number of rotatable bonds is 5. The van der Waals surface area contributed by atoms with Crippen molar-refractivity contribution >= 4 is 6.03 Å².